The molecule has 196 valence electrons. The zero-order valence-electron chi connectivity index (χ0n) is 19.7. The van der Waals surface area contributed by atoms with Crippen LogP contribution in [0.25, 0.3) is 32.1 Å². The SMILES string of the molecule is COc1nc(N2C3CCC2COC3)c2cc(C(F)(F)F)c(-c3ccc(F)c4sc(N)c(C#N)c34)c(F)c2n1. The van der Waals surface area contributed by atoms with Crippen molar-refractivity contribution in [1.82, 2.24) is 9.97 Å². The number of benzene rings is 2. The lowest BCUT2D eigenvalue weighted by atomic mass is 9.92. The number of ether oxygens (including phenoxy) is 2. The normalized spacial score (nSPS) is 19.3. The summed E-state index contributed by atoms with van der Waals surface area (Å²) in [6, 6.07) is 4.07. The molecule has 2 unspecified atom stereocenters. The average Bonchev–Trinajstić information content (AvgIpc) is 3.35. The van der Waals surface area contributed by atoms with E-state index in [0.29, 0.717) is 24.6 Å². The Bertz CT molecular complexity index is 1650. The Morgan fingerprint density at radius 1 is 1.18 bits per heavy atom. The summed E-state index contributed by atoms with van der Waals surface area (Å²) in [6.07, 6.45) is -3.52. The summed E-state index contributed by atoms with van der Waals surface area (Å²) in [7, 11) is 1.28. The van der Waals surface area contributed by atoms with Crippen molar-refractivity contribution in [2.24, 2.45) is 0 Å². The lowest BCUT2D eigenvalue weighted by molar-refractivity contribution is -0.137. The third-order valence-electron chi connectivity index (χ3n) is 7.06. The molecular weight excluding hydrogens is 529 g/mol. The summed E-state index contributed by atoms with van der Waals surface area (Å²) < 4.78 is 85.4. The summed E-state index contributed by atoms with van der Waals surface area (Å²) in [5, 5.41) is 9.22. The first kappa shape index (κ1) is 24.6. The van der Waals surface area contributed by atoms with Gasteiger partial charge < -0.3 is 20.1 Å². The van der Waals surface area contributed by atoms with Crippen molar-refractivity contribution in [3.8, 4) is 23.2 Å². The topological polar surface area (TPSA) is 97.3 Å². The van der Waals surface area contributed by atoms with Crippen LogP contribution in [0.15, 0.2) is 18.2 Å². The Hall–Kier alpha value is -3.76. The number of fused-ring (bicyclic) bond motifs is 4. The van der Waals surface area contributed by atoms with Crippen molar-refractivity contribution >= 4 is 43.1 Å². The lowest BCUT2D eigenvalue weighted by Crippen LogP contribution is -2.46. The van der Waals surface area contributed by atoms with Gasteiger partial charge in [-0.3, -0.25) is 0 Å². The minimum Gasteiger partial charge on any atom is -0.467 e. The summed E-state index contributed by atoms with van der Waals surface area (Å²) >= 11 is 0.709. The molecule has 2 saturated heterocycles. The number of aromatic nitrogens is 2. The van der Waals surface area contributed by atoms with Crippen LogP contribution in [0.1, 0.15) is 24.0 Å². The average molecular weight is 548 g/mol. The zero-order valence-corrected chi connectivity index (χ0v) is 20.5. The van der Waals surface area contributed by atoms with Crippen molar-refractivity contribution in [3.05, 3.63) is 41.0 Å². The number of nitrogens with two attached hydrogens (primary N) is 1. The number of nitrogens with zero attached hydrogens (tertiary/aromatic N) is 4. The smallest absolute Gasteiger partial charge is 0.417 e. The van der Waals surface area contributed by atoms with Crippen molar-refractivity contribution in [3.63, 3.8) is 0 Å². The first-order valence-corrected chi connectivity index (χ1v) is 12.4. The standard InChI is InChI=1S/C25H18F5N5O2S/c1-36-24-33-20-13(23(34-24)35-10-2-3-11(35)9-37-8-10)6-15(25(28,29)30)18(19(20)27)12-4-5-16(26)21-17(12)14(7-31)22(32)38-21/h4-6,10-11H,2-3,8-9,32H2,1H3. The number of hydrogen-bond donors (Lipinski definition) is 1. The Labute approximate surface area is 216 Å². The molecule has 0 aliphatic carbocycles. The lowest BCUT2D eigenvalue weighted by Gasteiger charge is -2.36. The van der Waals surface area contributed by atoms with Crippen LogP contribution < -0.4 is 15.4 Å². The number of halogens is 5. The Kier molecular flexibility index (Phi) is 5.59. The van der Waals surface area contributed by atoms with Gasteiger partial charge in [0.2, 0.25) is 0 Å². The number of rotatable bonds is 3. The van der Waals surface area contributed by atoms with Crippen molar-refractivity contribution in [1.29, 1.82) is 5.26 Å². The molecular formula is C25H18F5N5O2S. The van der Waals surface area contributed by atoms with E-state index >= 15 is 4.39 Å². The van der Waals surface area contributed by atoms with Crippen molar-refractivity contribution < 1.29 is 31.4 Å². The molecule has 38 heavy (non-hydrogen) atoms. The molecule has 0 amide bonds. The van der Waals surface area contributed by atoms with Gasteiger partial charge >= 0.3 is 12.2 Å². The summed E-state index contributed by atoms with van der Waals surface area (Å²) in [6.45, 7) is 0.724. The van der Waals surface area contributed by atoms with Crippen LogP contribution >= 0.6 is 11.3 Å². The van der Waals surface area contributed by atoms with Crippen LogP contribution in [0.5, 0.6) is 6.01 Å². The molecule has 13 heteroatoms. The monoisotopic (exact) mass is 547 g/mol. The fraction of sp³-hybridized carbons (Fsp3) is 0.320. The Morgan fingerprint density at radius 2 is 1.89 bits per heavy atom. The first-order chi connectivity index (χ1) is 18.1. The van der Waals surface area contributed by atoms with E-state index < -0.39 is 28.9 Å². The molecule has 2 aliphatic rings. The Morgan fingerprint density at radius 3 is 2.53 bits per heavy atom. The van der Waals surface area contributed by atoms with Gasteiger partial charge in [0.15, 0.2) is 5.82 Å². The van der Waals surface area contributed by atoms with E-state index in [1.165, 1.54) is 7.11 Å². The molecule has 4 heterocycles. The summed E-state index contributed by atoms with van der Waals surface area (Å²) in [5.74, 6) is -1.95. The van der Waals surface area contributed by atoms with Gasteiger partial charge in [-0.1, -0.05) is 6.07 Å². The number of hydrogen-bond acceptors (Lipinski definition) is 8. The molecule has 2 atom stereocenters. The molecule has 2 aromatic heterocycles. The van der Waals surface area contributed by atoms with Crippen LogP contribution in [0.3, 0.4) is 0 Å². The highest BCUT2D eigenvalue weighted by Gasteiger charge is 2.42. The molecule has 0 radical (unpaired) electrons. The number of alkyl halides is 3. The molecule has 2 aliphatic heterocycles. The maximum Gasteiger partial charge on any atom is 0.417 e. The Balaban J connectivity index is 1.73. The molecule has 0 saturated carbocycles. The molecule has 2 bridgehead atoms. The highest BCUT2D eigenvalue weighted by molar-refractivity contribution is 7.23. The molecule has 6 rings (SSSR count). The summed E-state index contributed by atoms with van der Waals surface area (Å²) in [4.78, 5) is 10.3. The van der Waals surface area contributed by atoms with Crippen LogP contribution in [0.2, 0.25) is 0 Å². The van der Waals surface area contributed by atoms with E-state index in [0.717, 1.165) is 31.0 Å². The minimum atomic E-state index is -5.01. The van der Waals surface area contributed by atoms with Crippen molar-refractivity contribution in [2.45, 2.75) is 31.1 Å². The van der Waals surface area contributed by atoms with Gasteiger partial charge in [0.05, 0.1) is 48.2 Å². The maximum absolute atomic E-state index is 16.4. The molecule has 4 aromatic rings. The maximum atomic E-state index is 16.4. The number of morpholine rings is 1. The van der Waals surface area contributed by atoms with Crippen LogP contribution in [-0.4, -0.2) is 42.4 Å². The second-order valence-corrected chi connectivity index (χ2v) is 10.2. The van der Waals surface area contributed by atoms with E-state index in [4.69, 9.17) is 15.2 Å². The van der Waals surface area contributed by atoms with Crippen LogP contribution in [-0.2, 0) is 10.9 Å². The third-order valence-corrected chi connectivity index (χ3v) is 8.09. The number of thiophene rings is 1. The van der Waals surface area contributed by atoms with Gasteiger partial charge in [0.25, 0.3) is 0 Å². The minimum absolute atomic E-state index is 0.0855. The molecule has 7 nitrogen and oxygen atoms in total. The van der Waals surface area contributed by atoms with Gasteiger partial charge in [-0.25, -0.2) is 8.78 Å². The summed E-state index contributed by atoms with van der Waals surface area (Å²) in [5.41, 5.74) is 2.77. The van der Waals surface area contributed by atoms with E-state index in [1.807, 2.05) is 11.0 Å². The largest absolute Gasteiger partial charge is 0.467 e. The van der Waals surface area contributed by atoms with Crippen molar-refractivity contribution in [2.75, 3.05) is 31.0 Å². The predicted octanol–water partition coefficient (Wildman–Crippen LogP) is 5.64. The fourth-order valence-corrected chi connectivity index (χ4v) is 6.40. The van der Waals surface area contributed by atoms with E-state index in [1.54, 1.807) is 0 Å². The van der Waals surface area contributed by atoms with Gasteiger partial charge in [0.1, 0.15) is 28.2 Å². The quantitative estimate of drug-likeness (QED) is 0.332. The number of anilines is 2. The molecule has 0 spiro atoms. The van der Waals surface area contributed by atoms with Crippen LogP contribution in [0, 0.1) is 23.0 Å². The number of nitriles is 1. The second kappa shape index (κ2) is 8.64. The van der Waals surface area contributed by atoms with Gasteiger partial charge in [0, 0.05) is 16.3 Å². The van der Waals surface area contributed by atoms with Gasteiger partial charge in [-0.2, -0.15) is 28.4 Å². The highest BCUT2D eigenvalue weighted by Crippen LogP contribution is 2.48. The second-order valence-electron chi connectivity index (χ2n) is 9.12. The number of methoxy groups -OCH3 is 1. The van der Waals surface area contributed by atoms with E-state index in [-0.39, 0.29) is 61.0 Å². The highest BCUT2D eigenvalue weighted by atomic mass is 32.1. The van der Waals surface area contributed by atoms with Gasteiger partial charge in [-0.05, 0) is 30.5 Å². The van der Waals surface area contributed by atoms with Gasteiger partial charge in [-0.15, -0.1) is 11.3 Å². The predicted molar refractivity (Wildman–Crippen MR) is 131 cm³/mol. The van der Waals surface area contributed by atoms with E-state index in [9.17, 15) is 22.8 Å². The zero-order chi connectivity index (χ0) is 26.9. The third kappa shape index (κ3) is 3.54. The molecule has 2 N–H and O–H groups in total. The fourth-order valence-electron chi connectivity index (χ4n) is 5.45. The van der Waals surface area contributed by atoms with E-state index in [2.05, 4.69) is 9.97 Å². The molecule has 2 fully saturated rings. The molecule has 2 aromatic carbocycles. The van der Waals surface area contributed by atoms with Crippen LogP contribution in [0.4, 0.5) is 32.8 Å². The first-order valence-electron chi connectivity index (χ1n) is 11.6. The number of nitrogen functional groups attached to an aromatic ring is 1.